The first-order valence-electron chi connectivity index (χ1n) is 10.6. The molecule has 1 amide bonds. The van der Waals surface area contributed by atoms with Gasteiger partial charge >= 0.3 is 11.9 Å². The van der Waals surface area contributed by atoms with E-state index in [1.54, 1.807) is 30.3 Å². The summed E-state index contributed by atoms with van der Waals surface area (Å²) in [5, 5.41) is 11.7. The van der Waals surface area contributed by atoms with Crippen molar-refractivity contribution in [3.8, 4) is 5.75 Å². The number of ether oxygens (including phenoxy) is 1. The fraction of sp³-hybridized carbons (Fsp3) is 0.120. The number of carbonyl (C=O) groups is 3. The molecular formula is C25H22F2N4O5. The van der Waals surface area contributed by atoms with Gasteiger partial charge in [0.1, 0.15) is 23.4 Å². The molecule has 0 heterocycles. The Kier molecular flexibility index (Phi) is 8.29. The molecule has 3 aromatic rings. The standard InChI is InChI=1S/C25H22F2N4O5/c26-19-11-17(36-24(35)15-6-8-16(9-7-15)30-25(28)29)12-20(27)18(19)13-22(32)31-21(23(33)34)10-14-4-2-1-3-5-14/h1-9,11-12,21H,10,13H2,(H,31,32)(H,33,34)(H4,28,29,30)/t21-/m0/s1. The van der Waals surface area contributed by atoms with E-state index in [1.807, 2.05) is 0 Å². The average Bonchev–Trinajstić information content (AvgIpc) is 2.81. The molecule has 0 aliphatic rings. The maximum absolute atomic E-state index is 14.6. The van der Waals surface area contributed by atoms with Gasteiger partial charge < -0.3 is 26.6 Å². The summed E-state index contributed by atoms with van der Waals surface area (Å²) < 4.78 is 34.2. The fourth-order valence-electron chi connectivity index (χ4n) is 3.25. The van der Waals surface area contributed by atoms with Gasteiger partial charge in [-0.05, 0) is 29.8 Å². The number of rotatable bonds is 9. The SMILES string of the molecule is NC(N)=Nc1ccc(C(=O)Oc2cc(F)c(CC(=O)N[C@@H](Cc3ccccc3)C(=O)O)c(F)c2)cc1. The predicted octanol–water partition coefficient (Wildman–Crippen LogP) is 2.44. The first-order chi connectivity index (χ1) is 17.1. The third-order valence-electron chi connectivity index (χ3n) is 4.94. The predicted molar refractivity (Wildman–Crippen MR) is 127 cm³/mol. The molecule has 0 unspecified atom stereocenters. The Morgan fingerprint density at radius 2 is 1.58 bits per heavy atom. The largest absolute Gasteiger partial charge is 0.480 e. The van der Waals surface area contributed by atoms with Gasteiger partial charge in [-0.25, -0.2) is 23.4 Å². The van der Waals surface area contributed by atoms with E-state index in [2.05, 4.69) is 10.3 Å². The number of amides is 1. The summed E-state index contributed by atoms with van der Waals surface area (Å²) in [6.45, 7) is 0. The van der Waals surface area contributed by atoms with Gasteiger partial charge in [-0.15, -0.1) is 0 Å². The minimum atomic E-state index is -1.29. The number of hydrogen-bond donors (Lipinski definition) is 4. The summed E-state index contributed by atoms with van der Waals surface area (Å²) in [5.74, 6) is -5.92. The molecule has 0 saturated carbocycles. The highest BCUT2D eigenvalue weighted by molar-refractivity contribution is 5.91. The number of aliphatic imine (C=N–C) groups is 1. The molecule has 0 bridgehead atoms. The summed E-state index contributed by atoms with van der Waals surface area (Å²) in [6, 6.07) is 14.4. The monoisotopic (exact) mass is 496 g/mol. The molecule has 0 radical (unpaired) electrons. The number of aliphatic carboxylic acids is 1. The van der Waals surface area contributed by atoms with Crippen LogP contribution < -0.4 is 21.5 Å². The third-order valence-corrected chi connectivity index (χ3v) is 4.94. The van der Waals surface area contributed by atoms with Gasteiger partial charge in [-0.1, -0.05) is 30.3 Å². The van der Waals surface area contributed by atoms with E-state index < -0.39 is 53.3 Å². The highest BCUT2D eigenvalue weighted by Crippen LogP contribution is 2.23. The summed E-state index contributed by atoms with van der Waals surface area (Å²) in [6.07, 6.45) is -0.759. The number of nitrogens with two attached hydrogens (primary N) is 2. The molecule has 11 heteroatoms. The van der Waals surface area contributed by atoms with Gasteiger partial charge in [0.05, 0.1) is 17.7 Å². The molecule has 36 heavy (non-hydrogen) atoms. The average molecular weight is 496 g/mol. The number of nitrogens with one attached hydrogen (secondary N) is 1. The van der Waals surface area contributed by atoms with Crippen molar-refractivity contribution in [2.75, 3.05) is 0 Å². The van der Waals surface area contributed by atoms with Gasteiger partial charge in [0.2, 0.25) is 5.91 Å². The van der Waals surface area contributed by atoms with Gasteiger partial charge in [-0.2, -0.15) is 0 Å². The summed E-state index contributed by atoms with van der Waals surface area (Å²) >= 11 is 0. The fourth-order valence-corrected chi connectivity index (χ4v) is 3.25. The Morgan fingerprint density at radius 1 is 0.972 bits per heavy atom. The number of carboxylic acid groups (broad SMARTS) is 1. The van der Waals surface area contributed by atoms with Gasteiger partial charge in [0.15, 0.2) is 5.96 Å². The molecule has 0 aliphatic carbocycles. The number of nitrogens with zero attached hydrogens (tertiary/aromatic N) is 1. The number of carbonyl (C=O) groups excluding carboxylic acids is 2. The smallest absolute Gasteiger partial charge is 0.343 e. The maximum Gasteiger partial charge on any atom is 0.343 e. The lowest BCUT2D eigenvalue weighted by Crippen LogP contribution is -2.43. The molecule has 0 fully saturated rings. The highest BCUT2D eigenvalue weighted by Gasteiger charge is 2.23. The number of guanidine groups is 1. The number of esters is 1. The van der Waals surface area contributed by atoms with Crippen LogP contribution in [-0.4, -0.2) is 35.0 Å². The second-order valence-electron chi connectivity index (χ2n) is 7.66. The molecule has 186 valence electrons. The normalized spacial score (nSPS) is 11.3. The molecule has 3 rings (SSSR count). The van der Waals surface area contributed by atoms with Crippen LogP contribution >= 0.6 is 0 Å². The van der Waals surface area contributed by atoms with Crippen LogP contribution in [0.5, 0.6) is 5.75 Å². The Balaban J connectivity index is 1.66. The number of benzene rings is 3. The minimum Gasteiger partial charge on any atom is -0.480 e. The van der Waals surface area contributed by atoms with Crippen LogP contribution in [0.1, 0.15) is 21.5 Å². The van der Waals surface area contributed by atoms with Crippen molar-refractivity contribution >= 4 is 29.5 Å². The van der Waals surface area contributed by atoms with Gasteiger partial charge in [0.25, 0.3) is 0 Å². The van der Waals surface area contributed by atoms with Crippen LogP contribution in [0.2, 0.25) is 0 Å². The highest BCUT2D eigenvalue weighted by atomic mass is 19.1. The van der Waals surface area contributed by atoms with E-state index in [1.165, 1.54) is 24.3 Å². The zero-order valence-electron chi connectivity index (χ0n) is 18.8. The molecule has 9 nitrogen and oxygen atoms in total. The second kappa shape index (κ2) is 11.6. The molecule has 0 aliphatic heterocycles. The van der Waals surface area contributed by atoms with Crippen LogP contribution in [0.15, 0.2) is 71.7 Å². The van der Waals surface area contributed by atoms with E-state index in [0.29, 0.717) is 11.3 Å². The molecule has 0 saturated heterocycles. The molecule has 1 atom stereocenters. The zero-order chi connectivity index (χ0) is 26.2. The zero-order valence-corrected chi connectivity index (χ0v) is 18.8. The van der Waals surface area contributed by atoms with Crippen LogP contribution in [0.4, 0.5) is 14.5 Å². The van der Waals surface area contributed by atoms with E-state index in [4.69, 9.17) is 16.2 Å². The Labute approximate surface area is 204 Å². The van der Waals surface area contributed by atoms with E-state index in [-0.39, 0.29) is 17.9 Å². The van der Waals surface area contributed by atoms with Crippen molar-refractivity contribution in [3.63, 3.8) is 0 Å². The van der Waals surface area contributed by atoms with E-state index in [9.17, 15) is 28.3 Å². The molecule has 0 aromatic heterocycles. The van der Waals surface area contributed by atoms with Crippen LogP contribution in [0.25, 0.3) is 0 Å². The van der Waals surface area contributed by atoms with Crippen LogP contribution in [0.3, 0.4) is 0 Å². The van der Waals surface area contributed by atoms with Crippen molar-refractivity contribution in [3.05, 3.63) is 95.1 Å². The molecule has 0 spiro atoms. The van der Waals surface area contributed by atoms with Crippen molar-refractivity contribution in [1.82, 2.24) is 5.32 Å². The van der Waals surface area contributed by atoms with Gasteiger partial charge in [-0.3, -0.25) is 4.79 Å². The lowest BCUT2D eigenvalue weighted by atomic mass is 10.0. The van der Waals surface area contributed by atoms with Crippen LogP contribution in [-0.2, 0) is 22.4 Å². The maximum atomic E-state index is 14.6. The second-order valence-corrected chi connectivity index (χ2v) is 7.66. The molecule has 3 aromatic carbocycles. The Morgan fingerprint density at radius 3 is 2.14 bits per heavy atom. The quantitative estimate of drug-likeness (QED) is 0.153. The summed E-state index contributed by atoms with van der Waals surface area (Å²) in [7, 11) is 0. The first-order valence-corrected chi connectivity index (χ1v) is 10.6. The van der Waals surface area contributed by atoms with Crippen molar-refractivity contribution in [2.45, 2.75) is 18.9 Å². The van der Waals surface area contributed by atoms with Crippen molar-refractivity contribution < 1.29 is 33.0 Å². The van der Waals surface area contributed by atoms with E-state index in [0.717, 1.165) is 12.1 Å². The van der Waals surface area contributed by atoms with Crippen molar-refractivity contribution in [1.29, 1.82) is 0 Å². The summed E-state index contributed by atoms with van der Waals surface area (Å²) in [5.41, 5.74) is 11.1. The Bertz CT molecular complexity index is 1270. The van der Waals surface area contributed by atoms with Crippen molar-refractivity contribution in [2.24, 2.45) is 16.5 Å². The number of carboxylic acids is 1. The van der Waals surface area contributed by atoms with E-state index >= 15 is 0 Å². The minimum absolute atomic E-state index is 0.00525. The molecule has 6 N–H and O–H groups in total. The number of hydrogen-bond acceptors (Lipinski definition) is 5. The molecular weight excluding hydrogens is 474 g/mol. The lowest BCUT2D eigenvalue weighted by molar-refractivity contribution is -0.141. The summed E-state index contributed by atoms with van der Waals surface area (Å²) in [4.78, 5) is 40.0. The topological polar surface area (TPSA) is 157 Å². The van der Waals surface area contributed by atoms with Crippen LogP contribution in [0, 0.1) is 11.6 Å². The van der Waals surface area contributed by atoms with Gasteiger partial charge in [0, 0.05) is 24.1 Å². The first kappa shape index (κ1) is 25.8. The lowest BCUT2D eigenvalue weighted by Gasteiger charge is -2.15. The Hall–Kier alpha value is -4.80. The third kappa shape index (κ3) is 7.10. The number of halogens is 2.